The number of hydrogen-bond acceptors (Lipinski definition) is 4. The molecule has 0 heterocycles. The Bertz CT molecular complexity index is 135. The molecule has 2 N–H and O–H groups in total. The van der Waals surface area contributed by atoms with Crippen molar-refractivity contribution in [3.8, 4) is 0 Å². The van der Waals surface area contributed by atoms with E-state index in [1.54, 1.807) is 5.70 Å². The van der Waals surface area contributed by atoms with Gasteiger partial charge in [-0.15, -0.1) is 0 Å². The van der Waals surface area contributed by atoms with E-state index >= 15 is 0 Å². The van der Waals surface area contributed by atoms with Gasteiger partial charge in [0.1, 0.15) is 0 Å². The summed E-state index contributed by atoms with van der Waals surface area (Å²) in [5.74, 6) is 0. The van der Waals surface area contributed by atoms with Crippen molar-refractivity contribution in [3.05, 3.63) is 11.9 Å². The molecule has 0 radical (unpaired) electrons. The highest BCUT2D eigenvalue weighted by Crippen LogP contribution is 2.10. The molecule has 0 rings (SSSR count). The third-order valence-electron chi connectivity index (χ3n) is 1.34. The van der Waals surface area contributed by atoms with Gasteiger partial charge in [-0.1, -0.05) is 0 Å². The summed E-state index contributed by atoms with van der Waals surface area (Å²) >= 11 is 0. The molecule has 0 bridgehead atoms. The van der Waals surface area contributed by atoms with Gasteiger partial charge >= 0.3 is 8.80 Å². The van der Waals surface area contributed by atoms with Crippen molar-refractivity contribution in [1.82, 2.24) is 0 Å². The molecule has 0 aliphatic carbocycles. The van der Waals surface area contributed by atoms with Crippen LogP contribution in [0.25, 0.3) is 0 Å². The summed E-state index contributed by atoms with van der Waals surface area (Å²) in [6.07, 6.45) is 1.42. The third-order valence-corrected chi connectivity index (χ3v) is 4.01. The lowest BCUT2D eigenvalue weighted by Gasteiger charge is -2.24. The Morgan fingerprint density at radius 3 is 1.62 bits per heavy atom. The highest BCUT2D eigenvalue weighted by atomic mass is 28.4. The van der Waals surface area contributed by atoms with Crippen molar-refractivity contribution in [2.45, 2.75) is 20.8 Å². The molecule has 0 aromatic rings. The summed E-state index contributed by atoms with van der Waals surface area (Å²) in [5, 5.41) is 0. The molecular formula is C8H19NO3Si. The molecule has 0 amide bonds. The van der Waals surface area contributed by atoms with Crippen LogP contribution in [0, 0.1) is 0 Å². The van der Waals surface area contributed by atoms with Crippen LogP contribution in [0.4, 0.5) is 0 Å². The van der Waals surface area contributed by atoms with Crippen LogP contribution in [-0.4, -0.2) is 28.6 Å². The molecule has 0 unspecified atom stereocenters. The van der Waals surface area contributed by atoms with Crippen LogP contribution >= 0.6 is 0 Å². The van der Waals surface area contributed by atoms with Crippen LogP contribution in [0.1, 0.15) is 20.8 Å². The van der Waals surface area contributed by atoms with Gasteiger partial charge < -0.3 is 19.0 Å². The lowest BCUT2D eigenvalue weighted by atomic mass is 10.9. The fourth-order valence-electron chi connectivity index (χ4n) is 0.991. The summed E-state index contributed by atoms with van der Waals surface area (Å²) in [5.41, 5.74) is 7.02. The molecule has 0 spiro atoms. The maximum absolute atomic E-state index is 5.48. The minimum Gasteiger partial charge on any atom is -0.405 e. The third kappa shape index (κ3) is 4.42. The van der Waals surface area contributed by atoms with Crippen LogP contribution in [-0.2, 0) is 13.3 Å². The first kappa shape index (κ1) is 12.6. The fourth-order valence-corrected chi connectivity index (χ4v) is 2.97. The molecular weight excluding hydrogens is 186 g/mol. The SMILES string of the molecule is CCO[Si](C=CN)(OCC)OCC. The van der Waals surface area contributed by atoms with Crippen molar-refractivity contribution in [3.63, 3.8) is 0 Å². The van der Waals surface area contributed by atoms with Gasteiger partial charge in [-0.3, -0.25) is 0 Å². The van der Waals surface area contributed by atoms with E-state index in [4.69, 9.17) is 19.0 Å². The predicted molar refractivity (Wildman–Crippen MR) is 54.0 cm³/mol. The highest BCUT2D eigenvalue weighted by Gasteiger charge is 2.37. The minimum atomic E-state index is -2.60. The number of hydrogen-bond donors (Lipinski definition) is 1. The van der Waals surface area contributed by atoms with E-state index in [9.17, 15) is 0 Å². The van der Waals surface area contributed by atoms with Crippen LogP contribution in [0.5, 0.6) is 0 Å². The molecule has 0 aliphatic rings. The zero-order chi connectivity index (χ0) is 10.2. The van der Waals surface area contributed by atoms with Crippen molar-refractivity contribution < 1.29 is 13.3 Å². The Morgan fingerprint density at radius 1 is 1.00 bits per heavy atom. The van der Waals surface area contributed by atoms with Crippen LogP contribution < -0.4 is 5.73 Å². The largest absolute Gasteiger partial charge is 0.531 e. The molecule has 78 valence electrons. The molecule has 0 saturated carbocycles. The number of rotatable bonds is 7. The highest BCUT2D eigenvalue weighted by molar-refractivity contribution is 6.66. The Labute approximate surface area is 81.0 Å². The zero-order valence-electron chi connectivity index (χ0n) is 8.58. The van der Waals surface area contributed by atoms with Gasteiger partial charge in [-0.2, -0.15) is 0 Å². The van der Waals surface area contributed by atoms with Crippen molar-refractivity contribution in [2.24, 2.45) is 5.73 Å². The summed E-state index contributed by atoms with van der Waals surface area (Å²) in [6, 6.07) is 0. The maximum Gasteiger partial charge on any atom is 0.531 e. The molecule has 5 heteroatoms. The standard InChI is InChI=1S/C8H19NO3Si/c1-4-10-13(8-7-9,11-5-2)12-6-3/h7-8H,4-6,9H2,1-3H3. The molecule has 13 heavy (non-hydrogen) atoms. The first-order valence-electron chi connectivity index (χ1n) is 4.56. The van der Waals surface area contributed by atoms with E-state index in [-0.39, 0.29) is 0 Å². The summed E-state index contributed by atoms with van der Waals surface area (Å²) in [6.45, 7) is 7.42. The summed E-state index contributed by atoms with van der Waals surface area (Å²) in [4.78, 5) is 0. The van der Waals surface area contributed by atoms with Crippen molar-refractivity contribution >= 4 is 8.80 Å². The lowest BCUT2D eigenvalue weighted by Crippen LogP contribution is -2.44. The average molecular weight is 205 g/mol. The molecule has 0 fully saturated rings. The average Bonchev–Trinajstić information content (AvgIpc) is 2.06. The van der Waals surface area contributed by atoms with Gasteiger partial charge in [-0.05, 0) is 27.0 Å². The second-order valence-corrected chi connectivity index (χ2v) is 4.67. The Balaban J connectivity index is 4.37. The topological polar surface area (TPSA) is 53.7 Å². The lowest BCUT2D eigenvalue weighted by molar-refractivity contribution is 0.0842. The Morgan fingerprint density at radius 2 is 1.38 bits per heavy atom. The van der Waals surface area contributed by atoms with Crippen molar-refractivity contribution in [2.75, 3.05) is 19.8 Å². The van der Waals surface area contributed by atoms with E-state index in [2.05, 4.69) is 0 Å². The van der Waals surface area contributed by atoms with E-state index < -0.39 is 8.80 Å². The van der Waals surface area contributed by atoms with Gasteiger partial charge in [0, 0.05) is 25.5 Å². The predicted octanol–water partition coefficient (Wildman–Crippen LogP) is 1.05. The molecule has 0 aromatic heterocycles. The summed E-state index contributed by atoms with van der Waals surface area (Å²) in [7, 11) is -2.60. The minimum absolute atomic E-state index is 0.566. The van der Waals surface area contributed by atoms with E-state index in [0.29, 0.717) is 19.8 Å². The summed E-state index contributed by atoms with van der Waals surface area (Å²) < 4.78 is 16.4. The smallest absolute Gasteiger partial charge is 0.405 e. The van der Waals surface area contributed by atoms with E-state index in [1.165, 1.54) is 6.20 Å². The number of nitrogens with two attached hydrogens (primary N) is 1. The van der Waals surface area contributed by atoms with E-state index in [0.717, 1.165) is 0 Å². The van der Waals surface area contributed by atoms with Gasteiger partial charge in [0.15, 0.2) is 0 Å². The normalized spacial score (nSPS) is 12.5. The molecule has 4 nitrogen and oxygen atoms in total. The first-order chi connectivity index (χ1) is 6.24. The Kier molecular flexibility index (Phi) is 6.88. The maximum atomic E-state index is 5.48. The fraction of sp³-hybridized carbons (Fsp3) is 0.750. The molecule has 0 aliphatic heterocycles. The van der Waals surface area contributed by atoms with Crippen LogP contribution in [0.15, 0.2) is 11.9 Å². The second kappa shape index (κ2) is 7.08. The molecule has 0 aromatic carbocycles. The van der Waals surface area contributed by atoms with Gasteiger partial charge in [0.25, 0.3) is 0 Å². The van der Waals surface area contributed by atoms with E-state index in [1.807, 2.05) is 20.8 Å². The quantitative estimate of drug-likeness (QED) is 0.631. The van der Waals surface area contributed by atoms with Gasteiger partial charge in [0.2, 0.25) is 0 Å². The molecule has 0 atom stereocenters. The van der Waals surface area contributed by atoms with Gasteiger partial charge in [0.05, 0.1) is 0 Å². The van der Waals surface area contributed by atoms with Crippen molar-refractivity contribution in [1.29, 1.82) is 0 Å². The van der Waals surface area contributed by atoms with Gasteiger partial charge in [-0.25, -0.2) is 0 Å². The first-order valence-corrected chi connectivity index (χ1v) is 6.36. The Hall–Kier alpha value is -0.363. The van der Waals surface area contributed by atoms with Crippen LogP contribution in [0.2, 0.25) is 0 Å². The second-order valence-electron chi connectivity index (χ2n) is 2.26. The monoisotopic (exact) mass is 205 g/mol. The molecule has 0 saturated heterocycles. The zero-order valence-corrected chi connectivity index (χ0v) is 9.58. The van der Waals surface area contributed by atoms with Crippen LogP contribution in [0.3, 0.4) is 0 Å².